The first kappa shape index (κ1) is 13.5. The van der Waals surface area contributed by atoms with E-state index < -0.39 is 0 Å². The summed E-state index contributed by atoms with van der Waals surface area (Å²) < 4.78 is 0. The number of amidine groups is 1. The Labute approximate surface area is 103 Å². The summed E-state index contributed by atoms with van der Waals surface area (Å²) in [6.45, 7) is 8.20. The molecule has 0 radical (unpaired) electrons. The predicted octanol–water partition coefficient (Wildman–Crippen LogP) is 2.18. The number of anilines is 1. The fourth-order valence-electron chi connectivity index (χ4n) is 1.83. The number of hydrogen-bond donors (Lipinski definition) is 2. The van der Waals surface area contributed by atoms with Gasteiger partial charge in [0, 0.05) is 37.6 Å². The molecule has 0 fully saturated rings. The minimum absolute atomic E-state index is 0.241. The molecule has 0 aliphatic heterocycles. The summed E-state index contributed by atoms with van der Waals surface area (Å²) in [5.74, 6) is 0.819. The Hall–Kier alpha value is -1.58. The molecule has 4 heteroatoms. The third-order valence-corrected chi connectivity index (χ3v) is 2.57. The van der Waals surface area contributed by atoms with Gasteiger partial charge in [0.1, 0.15) is 0 Å². The molecule has 1 heterocycles. The van der Waals surface area contributed by atoms with Crippen LogP contribution in [0.5, 0.6) is 0 Å². The fourth-order valence-corrected chi connectivity index (χ4v) is 1.83. The number of aryl methyl sites for hydroxylation is 1. The van der Waals surface area contributed by atoms with Crippen molar-refractivity contribution in [2.45, 2.75) is 27.2 Å². The molecule has 1 rings (SSSR count). The zero-order valence-corrected chi connectivity index (χ0v) is 10.9. The zero-order chi connectivity index (χ0) is 12.8. The summed E-state index contributed by atoms with van der Waals surface area (Å²) in [7, 11) is 0. The first-order valence-corrected chi connectivity index (χ1v) is 5.99. The molecule has 0 amide bonds. The lowest BCUT2D eigenvalue weighted by molar-refractivity contribution is 0.612. The predicted molar refractivity (Wildman–Crippen MR) is 72.6 cm³/mol. The highest BCUT2D eigenvalue weighted by molar-refractivity contribution is 5.77. The number of aromatic nitrogens is 1. The van der Waals surface area contributed by atoms with Crippen LogP contribution < -0.4 is 10.6 Å². The third-order valence-electron chi connectivity index (χ3n) is 2.57. The lowest BCUT2D eigenvalue weighted by Gasteiger charge is -2.27. The fraction of sp³-hybridized carbons (Fsp3) is 0.538. The summed E-state index contributed by atoms with van der Waals surface area (Å²) in [5.41, 5.74) is 7.79. The largest absolute Gasteiger partial charge is 0.388 e. The van der Waals surface area contributed by atoms with Gasteiger partial charge in [-0.25, -0.2) is 0 Å². The third kappa shape index (κ3) is 4.43. The molecule has 0 unspecified atom stereocenters. The minimum Gasteiger partial charge on any atom is -0.388 e. The highest BCUT2D eigenvalue weighted by Gasteiger charge is 2.11. The van der Waals surface area contributed by atoms with Crippen LogP contribution in [0.4, 0.5) is 5.69 Å². The molecule has 17 heavy (non-hydrogen) atoms. The first-order valence-electron chi connectivity index (χ1n) is 5.99. The lowest BCUT2D eigenvalue weighted by atomic mass is 10.1. The Balaban J connectivity index is 2.82. The van der Waals surface area contributed by atoms with E-state index in [2.05, 4.69) is 30.7 Å². The van der Waals surface area contributed by atoms with Crippen LogP contribution in [0, 0.1) is 18.3 Å². The van der Waals surface area contributed by atoms with E-state index in [4.69, 9.17) is 11.1 Å². The lowest BCUT2D eigenvalue weighted by Crippen LogP contribution is -2.31. The van der Waals surface area contributed by atoms with E-state index in [0.29, 0.717) is 12.3 Å². The number of nitrogens with two attached hydrogens (primary N) is 1. The maximum absolute atomic E-state index is 7.33. The summed E-state index contributed by atoms with van der Waals surface area (Å²) in [4.78, 5) is 6.39. The van der Waals surface area contributed by atoms with Crippen LogP contribution in [0.2, 0.25) is 0 Å². The van der Waals surface area contributed by atoms with Crippen molar-refractivity contribution >= 4 is 11.5 Å². The monoisotopic (exact) mass is 234 g/mol. The van der Waals surface area contributed by atoms with Crippen LogP contribution >= 0.6 is 0 Å². The van der Waals surface area contributed by atoms with E-state index in [1.165, 1.54) is 5.69 Å². The van der Waals surface area contributed by atoms with Gasteiger partial charge in [-0.15, -0.1) is 0 Å². The molecule has 1 aromatic heterocycles. The number of hydrogen-bond acceptors (Lipinski definition) is 3. The second-order valence-corrected chi connectivity index (χ2v) is 4.78. The van der Waals surface area contributed by atoms with Crippen molar-refractivity contribution < 1.29 is 0 Å². The molecule has 0 spiro atoms. The van der Waals surface area contributed by atoms with Gasteiger partial charge in [-0.3, -0.25) is 10.4 Å². The van der Waals surface area contributed by atoms with Gasteiger partial charge in [0.2, 0.25) is 0 Å². The van der Waals surface area contributed by atoms with Crippen molar-refractivity contribution in [2.24, 2.45) is 11.7 Å². The minimum atomic E-state index is 0.241. The van der Waals surface area contributed by atoms with Crippen LogP contribution in [-0.4, -0.2) is 23.9 Å². The van der Waals surface area contributed by atoms with Crippen LogP contribution in [0.25, 0.3) is 0 Å². The first-order chi connectivity index (χ1) is 8.00. The van der Waals surface area contributed by atoms with Gasteiger partial charge in [-0.05, 0) is 24.5 Å². The molecule has 0 saturated carbocycles. The molecule has 0 bridgehead atoms. The molecule has 1 aromatic rings. The van der Waals surface area contributed by atoms with E-state index >= 15 is 0 Å². The highest BCUT2D eigenvalue weighted by atomic mass is 15.1. The van der Waals surface area contributed by atoms with Gasteiger partial charge in [0.15, 0.2) is 0 Å². The Morgan fingerprint density at radius 3 is 2.76 bits per heavy atom. The summed E-state index contributed by atoms with van der Waals surface area (Å²) in [6.07, 6.45) is 4.29. The van der Waals surface area contributed by atoms with Gasteiger partial charge in [-0.1, -0.05) is 13.8 Å². The van der Waals surface area contributed by atoms with Gasteiger partial charge in [-0.2, -0.15) is 0 Å². The Kier molecular flexibility index (Phi) is 4.94. The number of rotatable bonds is 6. The van der Waals surface area contributed by atoms with Crippen LogP contribution in [0.15, 0.2) is 18.5 Å². The molecule has 3 N–H and O–H groups in total. The van der Waals surface area contributed by atoms with E-state index in [1.807, 2.05) is 18.5 Å². The molecule has 0 aliphatic rings. The molecule has 0 aliphatic carbocycles. The van der Waals surface area contributed by atoms with Gasteiger partial charge < -0.3 is 10.6 Å². The Bertz CT molecular complexity index is 373. The maximum atomic E-state index is 7.33. The molecular formula is C13H22N4. The van der Waals surface area contributed by atoms with Gasteiger partial charge >= 0.3 is 0 Å². The van der Waals surface area contributed by atoms with E-state index in [9.17, 15) is 0 Å². The van der Waals surface area contributed by atoms with Crippen molar-refractivity contribution in [3.8, 4) is 0 Å². The van der Waals surface area contributed by atoms with E-state index in [1.54, 1.807) is 0 Å². The molecule has 0 saturated heterocycles. The topological polar surface area (TPSA) is 66.0 Å². The summed E-state index contributed by atoms with van der Waals surface area (Å²) in [5, 5.41) is 7.33. The van der Waals surface area contributed by atoms with Crippen molar-refractivity contribution in [3.05, 3.63) is 24.0 Å². The molecule has 94 valence electrons. The average Bonchev–Trinajstić information content (AvgIpc) is 2.24. The zero-order valence-electron chi connectivity index (χ0n) is 10.9. The Morgan fingerprint density at radius 1 is 1.53 bits per heavy atom. The molecular weight excluding hydrogens is 212 g/mol. The van der Waals surface area contributed by atoms with Gasteiger partial charge in [0.25, 0.3) is 0 Å². The second kappa shape index (κ2) is 6.23. The standard InChI is InChI=1S/C13H22N4/c1-10(2)9-17(7-5-13(14)15)12-4-6-16-8-11(12)3/h4,6,8,10H,5,7,9H2,1-3H3,(H3,14,15). The molecule has 4 nitrogen and oxygen atoms in total. The summed E-state index contributed by atoms with van der Waals surface area (Å²) >= 11 is 0. The Morgan fingerprint density at radius 2 is 2.24 bits per heavy atom. The van der Waals surface area contributed by atoms with E-state index in [0.717, 1.165) is 18.7 Å². The molecule has 0 aromatic carbocycles. The van der Waals surface area contributed by atoms with Gasteiger partial charge in [0.05, 0.1) is 5.84 Å². The van der Waals surface area contributed by atoms with Crippen molar-refractivity contribution in [1.82, 2.24) is 4.98 Å². The quantitative estimate of drug-likeness (QED) is 0.585. The smallest absolute Gasteiger partial charge is 0.0923 e. The second-order valence-electron chi connectivity index (χ2n) is 4.78. The van der Waals surface area contributed by atoms with E-state index in [-0.39, 0.29) is 5.84 Å². The number of nitrogens with zero attached hydrogens (tertiary/aromatic N) is 2. The normalized spacial score (nSPS) is 10.6. The average molecular weight is 234 g/mol. The van der Waals surface area contributed by atoms with Crippen LogP contribution in [0.1, 0.15) is 25.8 Å². The van der Waals surface area contributed by atoms with Crippen molar-refractivity contribution in [3.63, 3.8) is 0 Å². The summed E-state index contributed by atoms with van der Waals surface area (Å²) in [6, 6.07) is 2.03. The highest BCUT2D eigenvalue weighted by Crippen LogP contribution is 2.19. The number of nitrogens with one attached hydrogen (secondary N) is 1. The number of pyridine rings is 1. The van der Waals surface area contributed by atoms with Crippen LogP contribution in [0.3, 0.4) is 0 Å². The van der Waals surface area contributed by atoms with Crippen molar-refractivity contribution in [2.75, 3.05) is 18.0 Å². The van der Waals surface area contributed by atoms with Crippen molar-refractivity contribution in [1.29, 1.82) is 5.41 Å². The van der Waals surface area contributed by atoms with Crippen LogP contribution in [-0.2, 0) is 0 Å². The molecule has 0 atom stereocenters. The maximum Gasteiger partial charge on any atom is 0.0923 e. The SMILES string of the molecule is Cc1cnccc1N(CCC(=N)N)CC(C)C.